The summed E-state index contributed by atoms with van der Waals surface area (Å²) in [7, 11) is 3.04. The molecule has 0 radical (unpaired) electrons. The quantitative estimate of drug-likeness (QED) is 0.920. The first-order valence-corrected chi connectivity index (χ1v) is 6.26. The minimum atomic E-state index is 0.00243. The van der Waals surface area contributed by atoms with Gasteiger partial charge in [-0.1, -0.05) is 17.7 Å². The minimum Gasteiger partial charge on any atom is -0.504 e. The molecular formula is C16H18O4. The van der Waals surface area contributed by atoms with Crippen molar-refractivity contribution in [1.29, 1.82) is 0 Å². The summed E-state index contributed by atoms with van der Waals surface area (Å²) in [4.78, 5) is 0. The van der Waals surface area contributed by atoms with Crippen LogP contribution in [0.5, 0.6) is 28.7 Å². The summed E-state index contributed by atoms with van der Waals surface area (Å²) in [5, 5.41) is 9.99. The fourth-order valence-electron chi connectivity index (χ4n) is 2.01. The van der Waals surface area contributed by atoms with Crippen LogP contribution in [0.2, 0.25) is 0 Å². The van der Waals surface area contributed by atoms with E-state index in [4.69, 9.17) is 14.2 Å². The van der Waals surface area contributed by atoms with Gasteiger partial charge in [-0.05, 0) is 37.6 Å². The van der Waals surface area contributed by atoms with Crippen molar-refractivity contribution in [3.8, 4) is 28.7 Å². The van der Waals surface area contributed by atoms with Crippen molar-refractivity contribution in [2.24, 2.45) is 0 Å². The van der Waals surface area contributed by atoms with Gasteiger partial charge in [0.05, 0.1) is 14.2 Å². The number of benzene rings is 2. The van der Waals surface area contributed by atoms with Gasteiger partial charge in [-0.2, -0.15) is 0 Å². The topological polar surface area (TPSA) is 47.9 Å². The molecule has 0 aromatic heterocycles. The van der Waals surface area contributed by atoms with Crippen LogP contribution >= 0.6 is 0 Å². The Kier molecular flexibility index (Phi) is 4.03. The van der Waals surface area contributed by atoms with Gasteiger partial charge in [0.1, 0.15) is 5.75 Å². The van der Waals surface area contributed by atoms with Gasteiger partial charge in [0.25, 0.3) is 0 Å². The van der Waals surface area contributed by atoms with E-state index in [0.717, 1.165) is 11.1 Å². The second kappa shape index (κ2) is 5.74. The molecule has 1 N–H and O–H groups in total. The molecule has 0 saturated carbocycles. The fourth-order valence-corrected chi connectivity index (χ4v) is 2.01. The smallest absolute Gasteiger partial charge is 0.214 e. The molecule has 0 heterocycles. The van der Waals surface area contributed by atoms with Crippen LogP contribution in [-0.2, 0) is 0 Å². The lowest BCUT2D eigenvalue weighted by molar-refractivity contribution is 0.325. The molecule has 0 saturated heterocycles. The molecule has 4 nitrogen and oxygen atoms in total. The van der Waals surface area contributed by atoms with E-state index in [1.807, 2.05) is 32.0 Å². The molecule has 106 valence electrons. The van der Waals surface area contributed by atoms with Crippen LogP contribution in [0.25, 0.3) is 0 Å². The van der Waals surface area contributed by atoms with Crippen LogP contribution in [0.15, 0.2) is 30.3 Å². The number of hydrogen-bond acceptors (Lipinski definition) is 4. The lowest BCUT2D eigenvalue weighted by Gasteiger charge is -2.16. The SMILES string of the molecule is COc1ccc(O)c(Oc2ccc(C)cc2C)c1OC. The first-order valence-electron chi connectivity index (χ1n) is 6.26. The van der Waals surface area contributed by atoms with E-state index in [2.05, 4.69) is 0 Å². The first-order chi connectivity index (χ1) is 9.56. The normalized spacial score (nSPS) is 10.2. The second-order valence-electron chi connectivity index (χ2n) is 4.52. The number of methoxy groups -OCH3 is 2. The Morgan fingerprint density at radius 3 is 2.15 bits per heavy atom. The summed E-state index contributed by atoms with van der Waals surface area (Å²) < 4.78 is 16.3. The van der Waals surface area contributed by atoms with E-state index in [9.17, 15) is 5.11 Å². The summed E-state index contributed by atoms with van der Waals surface area (Å²) in [6.07, 6.45) is 0. The van der Waals surface area contributed by atoms with Crippen LogP contribution < -0.4 is 14.2 Å². The Labute approximate surface area is 118 Å². The third-order valence-electron chi connectivity index (χ3n) is 3.02. The lowest BCUT2D eigenvalue weighted by Crippen LogP contribution is -1.96. The summed E-state index contributed by atoms with van der Waals surface area (Å²) in [6, 6.07) is 8.97. The van der Waals surface area contributed by atoms with Crippen LogP contribution in [0.3, 0.4) is 0 Å². The second-order valence-corrected chi connectivity index (χ2v) is 4.52. The van der Waals surface area contributed by atoms with Gasteiger partial charge in [-0.15, -0.1) is 0 Å². The molecule has 0 aliphatic rings. The number of hydrogen-bond donors (Lipinski definition) is 1. The monoisotopic (exact) mass is 274 g/mol. The highest BCUT2D eigenvalue weighted by Crippen LogP contribution is 2.45. The molecule has 0 aliphatic carbocycles. The Bertz CT molecular complexity index is 620. The maximum atomic E-state index is 9.99. The predicted octanol–water partition coefficient (Wildman–Crippen LogP) is 3.82. The zero-order valence-electron chi connectivity index (χ0n) is 12.1. The zero-order valence-corrected chi connectivity index (χ0v) is 12.1. The number of phenols is 1. The van der Waals surface area contributed by atoms with E-state index in [1.54, 1.807) is 6.07 Å². The van der Waals surface area contributed by atoms with E-state index in [-0.39, 0.29) is 11.5 Å². The van der Waals surface area contributed by atoms with Crippen molar-refractivity contribution in [2.75, 3.05) is 14.2 Å². The highest BCUT2D eigenvalue weighted by atomic mass is 16.5. The molecule has 0 bridgehead atoms. The van der Waals surface area contributed by atoms with Gasteiger partial charge < -0.3 is 19.3 Å². The number of rotatable bonds is 4. The molecule has 2 aromatic carbocycles. The van der Waals surface area contributed by atoms with Crippen LogP contribution in [0, 0.1) is 13.8 Å². The third kappa shape index (κ3) is 2.64. The standard InChI is InChI=1S/C16H18O4/c1-10-5-7-13(11(2)9-10)20-15-12(17)6-8-14(18-3)16(15)19-4/h5-9,17H,1-4H3. The Morgan fingerprint density at radius 2 is 1.55 bits per heavy atom. The molecular weight excluding hydrogens is 256 g/mol. The summed E-state index contributed by atoms with van der Waals surface area (Å²) in [5.74, 6) is 1.79. The highest BCUT2D eigenvalue weighted by molar-refractivity contribution is 5.60. The van der Waals surface area contributed by atoms with Crippen molar-refractivity contribution in [3.63, 3.8) is 0 Å². The number of aromatic hydroxyl groups is 1. The van der Waals surface area contributed by atoms with E-state index >= 15 is 0 Å². The van der Waals surface area contributed by atoms with Crippen LogP contribution in [0.1, 0.15) is 11.1 Å². The fraction of sp³-hybridized carbons (Fsp3) is 0.250. The Hall–Kier alpha value is -2.36. The molecule has 0 aliphatic heterocycles. The van der Waals surface area contributed by atoms with Gasteiger partial charge in [0.2, 0.25) is 11.5 Å². The molecule has 0 unspecified atom stereocenters. The number of aryl methyl sites for hydroxylation is 2. The average Bonchev–Trinajstić information content (AvgIpc) is 2.43. The first kappa shape index (κ1) is 14.1. The number of phenolic OH excluding ortho intramolecular Hbond substituents is 1. The zero-order chi connectivity index (χ0) is 14.7. The predicted molar refractivity (Wildman–Crippen MR) is 77.2 cm³/mol. The van der Waals surface area contributed by atoms with Gasteiger partial charge in [-0.25, -0.2) is 0 Å². The lowest BCUT2D eigenvalue weighted by atomic mass is 10.1. The third-order valence-corrected chi connectivity index (χ3v) is 3.02. The van der Waals surface area contributed by atoms with Gasteiger partial charge >= 0.3 is 0 Å². The van der Waals surface area contributed by atoms with Crippen molar-refractivity contribution in [3.05, 3.63) is 41.5 Å². The largest absolute Gasteiger partial charge is 0.504 e. The van der Waals surface area contributed by atoms with Crippen molar-refractivity contribution < 1.29 is 19.3 Å². The number of ether oxygens (including phenoxy) is 3. The maximum Gasteiger partial charge on any atom is 0.214 e. The molecule has 20 heavy (non-hydrogen) atoms. The Balaban J connectivity index is 2.47. The minimum absolute atomic E-state index is 0.00243. The van der Waals surface area contributed by atoms with Crippen LogP contribution in [0.4, 0.5) is 0 Å². The van der Waals surface area contributed by atoms with E-state index in [1.165, 1.54) is 20.3 Å². The molecule has 0 amide bonds. The average molecular weight is 274 g/mol. The van der Waals surface area contributed by atoms with Crippen molar-refractivity contribution in [2.45, 2.75) is 13.8 Å². The highest BCUT2D eigenvalue weighted by Gasteiger charge is 2.17. The molecule has 2 rings (SSSR count). The molecule has 0 spiro atoms. The van der Waals surface area contributed by atoms with E-state index in [0.29, 0.717) is 17.2 Å². The summed E-state index contributed by atoms with van der Waals surface area (Å²) >= 11 is 0. The molecule has 0 atom stereocenters. The Morgan fingerprint density at radius 1 is 0.850 bits per heavy atom. The molecule has 4 heteroatoms. The summed E-state index contributed by atoms with van der Waals surface area (Å²) in [5.41, 5.74) is 2.13. The summed E-state index contributed by atoms with van der Waals surface area (Å²) in [6.45, 7) is 3.96. The van der Waals surface area contributed by atoms with Gasteiger partial charge in [0, 0.05) is 0 Å². The van der Waals surface area contributed by atoms with Gasteiger partial charge in [-0.3, -0.25) is 0 Å². The molecule has 0 fully saturated rings. The van der Waals surface area contributed by atoms with Crippen LogP contribution in [-0.4, -0.2) is 19.3 Å². The maximum absolute atomic E-state index is 9.99. The van der Waals surface area contributed by atoms with Gasteiger partial charge in [0.15, 0.2) is 11.5 Å². The van der Waals surface area contributed by atoms with Crippen molar-refractivity contribution >= 4 is 0 Å². The van der Waals surface area contributed by atoms with E-state index < -0.39 is 0 Å². The molecule has 2 aromatic rings. The van der Waals surface area contributed by atoms with Crippen molar-refractivity contribution in [1.82, 2.24) is 0 Å².